The van der Waals surface area contributed by atoms with Crippen molar-refractivity contribution in [2.45, 2.75) is 30.3 Å². The van der Waals surface area contributed by atoms with Crippen molar-refractivity contribution >= 4 is 15.7 Å². The summed E-state index contributed by atoms with van der Waals surface area (Å²) in [5.41, 5.74) is 2.76. The molecule has 1 heterocycles. The van der Waals surface area contributed by atoms with E-state index in [2.05, 4.69) is 0 Å². The number of nitrogen functional groups attached to an aromatic ring is 1. The largest absolute Gasteiger partial charge is 0.418 e. The molecular weight excluding hydrogens is 319 g/mol. The molecule has 0 bridgehead atoms. The molecule has 5 nitrogen and oxygen atoms in total. The summed E-state index contributed by atoms with van der Waals surface area (Å²) in [6, 6.07) is 2.91. The molecule has 1 aromatic carbocycles. The Kier molecular flexibility index (Phi) is 4.35. The van der Waals surface area contributed by atoms with Gasteiger partial charge in [0.1, 0.15) is 6.07 Å². The molecule has 0 saturated carbocycles. The maximum Gasteiger partial charge on any atom is 0.418 e. The van der Waals surface area contributed by atoms with Gasteiger partial charge in [-0.25, -0.2) is 8.42 Å². The van der Waals surface area contributed by atoms with Gasteiger partial charge in [-0.3, -0.25) is 0 Å². The van der Waals surface area contributed by atoms with Crippen molar-refractivity contribution in [3.8, 4) is 6.07 Å². The molecule has 2 N–H and O–H groups in total. The van der Waals surface area contributed by atoms with E-state index >= 15 is 0 Å². The number of rotatable bonds is 2. The Morgan fingerprint density at radius 3 is 2.27 bits per heavy atom. The van der Waals surface area contributed by atoms with Crippen molar-refractivity contribution in [2.24, 2.45) is 0 Å². The van der Waals surface area contributed by atoms with Crippen LogP contribution in [0.1, 0.15) is 30.4 Å². The molecule has 0 atom stereocenters. The van der Waals surface area contributed by atoms with E-state index in [1.807, 2.05) is 0 Å². The minimum absolute atomic E-state index is 0.260. The number of nitrogens with two attached hydrogens (primary N) is 1. The van der Waals surface area contributed by atoms with Gasteiger partial charge in [-0.1, -0.05) is 6.42 Å². The van der Waals surface area contributed by atoms with Gasteiger partial charge in [0.2, 0.25) is 10.0 Å². The monoisotopic (exact) mass is 333 g/mol. The van der Waals surface area contributed by atoms with Crippen molar-refractivity contribution in [1.29, 1.82) is 5.26 Å². The molecule has 120 valence electrons. The second-order valence-electron chi connectivity index (χ2n) is 5.01. The van der Waals surface area contributed by atoms with Gasteiger partial charge >= 0.3 is 6.18 Å². The molecule has 0 amide bonds. The van der Waals surface area contributed by atoms with E-state index < -0.39 is 37.9 Å². The molecule has 1 aliphatic heterocycles. The number of nitriles is 1. The summed E-state index contributed by atoms with van der Waals surface area (Å²) >= 11 is 0. The summed E-state index contributed by atoms with van der Waals surface area (Å²) < 4.78 is 65.0. The van der Waals surface area contributed by atoms with Crippen LogP contribution in [0.2, 0.25) is 0 Å². The first-order chi connectivity index (χ1) is 10.2. The minimum atomic E-state index is -4.83. The van der Waals surface area contributed by atoms with E-state index in [-0.39, 0.29) is 13.1 Å². The van der Waals surface area contributed by atoms with E-state index in [1.54, 1.807) is 0 Å². The molecule has 1 fully saturated rings. The van der Waals surface area contributed by atoms with Crippen LogP contribution in [0.15, 0.2) is 17.0 Å². The number of alkyl halides is 3. The number of anilines is 1. The van der Waals surface area contributed by atoms with E-state index in [4.69, 9.17) is 11.0 Å². The molecule has 2 rings (SSSR count). The lowest BCUT2D eigenvalue weighted by Gasteiger charge is -2.26. The van der Waals surface area contributed by atoms with Crippen LogP contribution in [-0.2, 0) is 16.2 Å². The smallest absolute Gasteiger partial charge is 0.397 e. The van der Waals surface area contributed by atoms with Gasteiger partial charge in [-0.15, -0.1) is 0 Å². The Hall–Kier alpha value is -1.79. The van der Waals surface area contributed by atoms with E-state index in [0.717, 1.165) is 16.8 Å². The molecule has 0 unspecified atom stereocenters. The highest BCUT2D eigenvalue weighted by Gasteiger charge is 2.37. The van der Waals surface area contributed by atoms with Crippen molar-refractivity contribution < 1.29 is 21.6 Å². The molecule has 9 heteroatoms. The van der Waals surface area contributed by atoms with Gasteiger partial charge in [0.25, 0.3) is 0 Å². The Morgan fingerprint density at radius 1 is 1.18 bits per heavy atom. The molecule has 1 aliphatic rings. The summed E-state index contributed by atoms with van der Waals surface area (Å²) in [6.45, 7) is 0.520. The van der Waals surface area contributed by atoms with Crippen LogP contribution in [0.4, 0.5) is 18.9 Å². The van der Waals surface area contributed by atoms with Crippen molar-refractivity contribution in [3.63, 3.8) is 0 Å². The Bertz CT molecular complexity index is 717. The standard InChI is InChI=1S/C13H14F3N3O2S/c14-13(15,16)11-7-10(6-9(8-17)12(11)18)22(20,21)19-4-2-1-3-5-19/h6-7H,1-5,18H2. The molecule has 0 aromatic heterocycles. The summed E-state index contributed by atoms with van der Waals surface area (Å²) in [7, 11) is -4.07. The van der Waals surface area contributed by atoms with E-state index in [9.17, 15) is 21.6 Å². The zero-order valence-corrected chi connectivity index (χ0v) is 12.3. The van der Waals surface area contributed by atoms with Gasteiger partial charge in [-0.05, 0) is 25.0 Å². The highest BCUT2D eigenvalue weighted by Crippen LogP contribution is 2.37. The number of sulfonamides is 1. The Labute approximate surface area is 126 Å². The first-order valence-corrected chi connectivity index (χ1v) is 8.03. The first kappa shape index (κ1) is 16.6. The number of halogens is 3. The van der Waals surface area contributed by atoms with Crippen LogP contribution in [0, 0.1) is 11.3 Å². The van der Waals surface area contributed by atoms with Crippen LogP contribution in [0.25, 0.3) is 0 Å². The molecule has 1 saturated heterocycles. The van der Waals surface area contributed by atoms with Gasteiger partial charge < -0.3 is 5.73 Å². The van der Waals surface area contributed by atoms with Crippen LogP contribution in [0.3, 0.4) is 0 Å². The third-order valence-corrected chi connectivity index (χ3v) is 5.41. The number of hydrogen-bond acceptors (Lipinski definition) is 4. The maximum absolute atomic E-state index is 13.0. The molecule has 0 spiro atoms. The summed E-state index contributed by atoms with van der Waals surface area (Å²) in [4.78, 5) is -0.549. The highest BCUT2D eigenvalue weighted by atomic mass is 32.2. The second kappa shape index (κ2) is 5.78. The van der Waals surface area contributed by atoms with Crippen molar-refractivity contribution in [3.05, 3.63) is 23.3 Å². The summed E-state index contributed by atoms with van der Waals surface area (Å²) in [5.74, 6) is 0. The number of benzene rings is 1. The van der Waals surface area contributed by atoms with Gasteiger partial charge in [-0.2, -0.15) is 22.7 Å². The molecule has 0 aliphatic carbocycles. The van der Waals surface area contributed by atoms with Gasteiger partial charge in [0.05, 0.1) is 21.7 Å². The predicted molar refractivity (Wildman–Crippen MR) is 73.2 cm³/mol. The highest BCUT2D eigenvalue weighted by molar-refractivity contribution is 7.89. The third-order valence-electron chi connectivity index (χ3n) is 3.53. The zero-order chi connectivity index (χ0) is 16.5. The van der Waals surface area contributed by atoms with Gasteiger partial charge in [0, 0.05) is 13.1 Å². The number of nitrogens with zero attached hydrogens (tertiary/aromatic N) is 2. The van der Waals surface area contributed by atoms with Crippen LogP contribution >= 0.6 is 0 Å². The lowest BCUT2D eigenvalue weighted by atomic mass is 10.1. The fourth-order valence-corrected chi connectivity index (χ4v) is 3.93. The summed E-state index contributed by atoms with van der Waals surface area (Å²) in [6.07, 6.45) is -2.63. The first-order valence-electron chi connectivity index (χ1n) is 6.59. The van der Waals surface area contributed by atoms with Crippen molar-refractivity contribution in [1.82, 2.24) is 4.31 Å². The van der Waals surface area contributed by atoms with Gasteiger partial charge in [0.15, 0.2) is 0 Å². The van der Waals surface area contributed by atoms with Crippen molar-refractivity contribution in [2.75, 3.05) is 18.8 Å². The number of hydrogen-bond donors (Lipinski definition) is 1. The Balaban J connectivity index is 2.58. The average molecular weight is 333 g/mol. The van der Waals surface area contributed by atoms with E-state index in [1.165, 1.54) is 6.07 Å². The maximum atomic E-state index is 13.0. The van der Waals surface area contributed by atoms with Crippen LogP contribution in [0.5, 0.6) is 0 Å². The summed E-state index contributed by atoms with van der Waals surface area (Å²) in [5, 5.41) is 8.90. The second-order valence-corrected chi connectivity index (χ2v) is 6.94. The fraction of sp³-hybridized carbons (Fsp3) is 0.462. The topological polar surface area (TPSA) is 87.2 Å². The third kappa shape index (κ3) is 3.03. The van der Waals surface area contributed by atoms with Crippen LogP contribution in [-0.4, -0.2) is 25.8 Å². The molecular formula is C13H14F3N3O2S. The molecule has 22 heavy (non-hydrogen) atoms. The molecule has 0 radical (unpaired) electrons. The van der Waals surface area contributed by atoms with E-state index in [0.29, 0.717) is 18.9 Å². The number of piperidine rings is 1. The quantitative estimate of drug-likeness (QED) is 0.842. The zero-order valence-electron chi connectivity index (χ0n) is 11.5. The predicted octanol–water partition coefficient (Wildman–Crippen LogP) is 2.33. The average Bonchev–Trinajstić information content (AvgIpc) is 2.47. The molecule has 1 aromatic rings. The lowest BCUT2D eigenvalue weighted by Crippen LogP contribution is -2.35. The Morgan fingerprint density at radius 2 is 1.77 bits per heavy atom. The fourth-order valence-electron chi connectivity index (χ4n) is 2.36. The SMILES string of the molecule is N#Cc1cc(S(=O)(=O)N2CCCCC2)cc(C(F)(F)F)c1N. The van der Waals surface area contributed by atoms with Crippen LogP contribution < -0.4 is 5.73 Å². The minimum Gasteiger partial charge on any atom is -0.397 e. The lowest BCUT2D eigenvalue weighted by molar-refractivity contribution is -0.137. The normalized spacial score (nSPS) is 17.2.